The van der Waals surface area contributed by atoms with Crippen molar-refractivity contribution in [1.29, 1.82) is 0 Å². The standard InChI is InChI=1S/C12H12N4O/c17-11(16-12-14-5-6-15-12)9-1-2-10-8(7-9)3-4-13-10/h1-2,5-7,13H,3-4H2,(H2,14,15,16,17). The van der Waals surface area contributed by atoms with Crippen LogP contribution in [0.15, 0.2) is 30.6 Å². The SMILES string of the molecule is O=C(Nc1ncc[nH]1)c1ccc2c(c1)CCN2. The second-order valence-electron chi connectivity index (χ2n) is 3.94. The van der Waals surface area contributed by atoms with Gasteiger partial charge in [0.15, 0.2) is 0 Å². The van der Waals surface area contributed by atoms with Gasteiger partial charge < -0.3 is 10.3 Å². The van der Waals surface area contributed by atoms with Crippen LogP contribution in [0, 0.1) is 0 Å². The summed E-state index contributed by atoms with van der Waals surface area (Å²) in [6.45, 7) is 0.943. The van der Waals surface area contributed by atoms with Crippen LogP contribution in [0.3, 0.4) is 0 Å². The van der Waals surface area contributed by atoms with Gasteiger partial charge in [-0.15, -0.1) is 0 Å². The Morgan fingerprint density at radius 1 is 1.41 bits per heavy atom. The molecule has 86 valence electrons. The number of imidazole rings is 1. The molecule has 1 aliphatic heterocycles. The van der Waals surface area contributed by atoms with Crippen LogP contribution in [0.4, 0.5) is 11.6 Å². The number of hydrogen-bond acceptors (Lipinski definition) is 3. The highest BCUT2D eigenvalue weighted by atomic mass is 16.1. The van der Waals surface area contributed by atoms with Gasteiger partial charge in [0.05, 0.1) is 0 Å². The Labute approximate surface area is 98.3 Å². The van der Waals surface area contributed by atoms with Gasteiger partial charge >= 0.3 is 0 Å². The van der Waals surface area contributed by atoms with Crippen LogP contribution in [0.5, 0.6) is 0 Å². The third kappa shape index (κ3) is 1.87. The Bertz CT molecular complexity index is 548. The molecule has 0 bridgehead atoms. The summed E-state index contributed by atoms with van der Waals surface area (Å²) in [5.41, 5.74) is 2.97. The number of nitrogens with one attached hydrogen (secondary N) is 3. The molecule has 2 aromatic rings. The normalized spacial score (nSPS) is 12.9. The van der Waals surface area contributed by atoms with E-state index < -0.39 is 0 Å². The zero-order valence-electron chi connectivity index (χ0n) is 9.16. The molecule has 0 saturated carbocycles. The van der Waals surface area contributed by atoms with Crippen molar-refractivity contribution in [3.05, 3.63) is 41.7 Å². The average molecular weight is 228 g/mol. The number of benzene rings is 1. The number of anilines is 2. The summed E-state index contributed by atoms with van der Waals surface area (Å²) in [7, 11) is 0. The van der Waals surface area contributed by atoms with Gasteiger partial charge in [-0.2, -0.15) is 0 Å². The Morgan fingerprint density at radius 2 is 2.35 bits per heavy atom. The first-order valence-electron chi connectivity index (χ1n) is 5.50. The van der Waals surface area contributed by atoms with E-state index in [1.54, 1.807) is 12.4 Å². The van der Waals surface area contributed by atoms with Crippen molar-refractivity contribution in [2.24, 2.45) is 0 Å². The number of amides is 1. The van der Waals surface area contributed by atoms with Crippen molar-refractivity contribution < 1.29 is 4.79 Å². The zero-order valence-corrected chi connectivity index (χ0v) is 9.16. The maximum Gasteiger partial charge on any atom is 0.257 e. The number of H-pyrrole nitrogens is 1. The van der Waals surface area contributed by atoms with Crippen LogP contribution in [0.25, 0.3) is 0 Å². The van der Waals surface area contributed by atoms with E-state index in [1.165, 1.54) is 5.56 Å². The number of aromatic amines is 1. The molecule has 0 radical (unpaired) electrons. The first-order valence-corrected chi connectivity index (χ1v) is 5.50. The number of nitrogens with zero attached hydrogens (tertiary/aromatic N) is 1. The summed E-state index contributed by atoms with van der Waals surface area (Å²) in [6.07, 6.45) is 4.24. The summed E-state index contributed by atoms with van der Waals surface area (Å²) in [4.78, 5) is 18.7. The molecule has 3 N–H and O–H groups in total. The molecule has 5 heteroatoms. The lowest BCUT2D eigenvalue weighted by Crippen LogP contribution is -2.13. The number of carbonyl (C=O) groups is 1. The molecule has 1 amide bonds. The number of aromatic nitrogens is 2. The van der Waals surface area contributed by atoms with Gasteiger partial charge in [0.2, 0.25) is 5.95 Å². The number of hydrogen-bond donors (Lipinski definition) is 3. The van der Waals surface area contributed by atoms with Crippen molar-refractivity contribution in [2.75, 3.05) is 17.2 Å². The number of fused-ring (bicyclic) bond motifs is 1. The predicted molar refractivity (Wildman–Crippen MR) is 65.2 cm³/mol. The summed E-state index contributed by atoms with van der Waals surface area (Å²) >= 11 is 0. The van der Waals surface area contributed by atoms with Gasteiger partial charge in [0.25, 0.3) is 5.91 Å². The van der Waals surface area contributed by atoms with Crippen LogP contribution in [0.2, 0.25) is 0 Å². The van der Waals surface area contributed by atoms with E-state index in [2.05, 4.69) is 20.6 Å². The molecular weight excluding hydrogens is 216 g/mol. The second-order valence-corrected chi connectivity index (χ2v) is 3.94. The van der Waals surface area contributed by atoms with Crippen molar-refractivity contribution in [3.8, 4) is 0 Å². The highest BCUT2D eigenvalue weighted by molar-refractivity contribution is 6.03. The van der Waals surface area contributed by atoms with Crippen molar-refractivity contribution in [3.63, 3.8) is 0 Å². The van der Waals surface area contributed by atoms with Crippen LogP contribution < -0.4 is 10.6 Å². The molecule has 2 heterocycles. The van der Waals surface area contributed by atoms with E-state index in [4.69, 9.17) is 0 Å². The fraction of sp³-hybridized carbons (Fsp3) is 0.167. The minimum atomic E-state index is -0.144. The topological polar surface area (TPSA) is 69.8 Å². The maximum atomic E-state index is 11.9. The van der Waals surface area contributed by atoms with Gasteiger partial charge in [0.1, 0.15) is 0 Å². The maximum absolute atomic E-state index is 11.9. The van der Waals surface area contributed by atoms with Crippen LogP contribution >= 0.6 is 0 Å². The highest BCUT2D eigenvalue weighted by Gasteiger charge is 2.13. The van der Waals surface area contributed by atoms with Gasteiger partial charge in [-0.1, -0.05) is 0 Å². The van der Waals surface area contributed by atoms with E-state index in [1.807, 2.05) is 18.2 Å². The van der Waals surface area contributed by atoms with E-state index in [0.717, 1.165) is 18.7 Å². The lowest BCUT2D eigenvalue weighted by Gasteiger charge is -2.04. The average Bonchev–Trinajstić information content (AvgIpc) is 2.97. The quantitative estimate of drug-likeness (QED) is 0.731. The Kier molecular flexibility index (Phi) is 2.29. The fourth-order valence-electron chi connectivity index (χ4n) is 1.96. The molecule has 3 rings (SSSR count). The molecule has 1 aliphatic rings. The Balaban J connectivity index is 1.82. The van der Waals surface area contributed by atoms with Gasteiger partial charge in [-0.25, -0.2) is 4.98 Å². The second kappa shape index (κ2) is 3.93. The van der Waals surface area contributed by atoms with Crippen LogP contribution in [0.1, 0.15) is 15.9 Å². The fourth-order valence-corrected chi connectivity index (χ4v) is 1.96. The van der Waals surface area contributed by atoms with Gasteiger partial charge in [-0.05, 0) is 30.2 Å². The summed E-state index contributed by atoms with van der Waals surface area (Å²) in [5.74, 6) is 0.322. The summed E-state index contributed by atoms with van der Waals surface area (Å²) < 4.78 is 0. The van der Waals surface area contributed by atoms with Crippen molar-refractivity contribution in [2.45, 2.75) is 6.42 Å². The molecule has 1 aromatic carbocycles. The van der Waals surface area contributed by atoms with Crippen LogP contribution in [-0.4, -0.2) is 22.4 Å². The van der Waals surface area contributed by atoms with Gasteiger partial charge in [0, 0.05) is 30.2 Å². The molecule has 17 heavy (non-hydrogen) atoms. The third-order valence-corrected chi connectivity index (χ3v) is 2.81. The van der Waals surface area contributed by atoms with Crippen LogP contribution in [-0.2, 0) is 6.42 Å². The number of rotatable bonds is 2. The first-order chi connectivity index (χ1) is 8.33. The molecule has 1 aromatic heterocycles. The molecule has 0 unspecified atom stereocenters. The third-order valence-electron chi connectivity index (χ3n) is 2.81. The number of carbonyl (C=O) groups excluding carboxylic acids is 1. The Morgan fingerprint density at radius 3 is 3.18 bits per heavy atom. The van der Waals surface area contributed by atoms with E-state index in [-0.39, 0.29) is 5.91 Å². The monoisotopic (exact) mass is 228 g/mol. The molecule has 0 spiro atoms. The summed E-state index contributed by atoms with van der Waals surface area (Å²) in [6, 6.07) is 5.68. The van der Waals surface area contributed by atoms with E-state index >= 15 is 0 Å². The van der Waals surface area contributed by atoms with Crippen molar-refractivity contribution >= 4 is 17.5 Å². The molecule has 0 fully saturated rings. The smallest absolute Gasteiger partial charge is 0.257 e. The van der Waals surface area contributed by atoms with E-state index in [0.29, 0.717) is 11.5 Å². The highest BCUT2D eigenvalue weighted by Crippen LogP contribution is 2.23. The minimum absolute atomic E-state index is 0.144. The largest absolute Gasteiger partial charge is 0.384 e. The first kappa shape index (κ1) is 9.89. The molecule has 5 nitrogen and oxygen atoms in total. The Hall–Kier alpha value is -2.30. The molecule has 0 saturated heterocycles. The molecule has 0 atom stereocenters. The predicted octanol–water partition coefficient (Wildman–Crippen LogP) is 1.63. The van der Waals surface area contributed by atoms with Gasteiger partial charge in [-0.3, -0.25) is 10.1 Å². The lowest BCUT2D eigenvalue weighted by molar-refractivity contribution is 0.102. The van der Waals surface area contributed by atoms with Crippen molar-refractivity contribution in [1.82, 2.24) is 9.97 Å². The molecule has 0 aliphatic carbocycles. The summed E-state index contributed by atoms with van der Waals surface area (Å²) in [5, 5.41) is 5.96. The van der Waals surface area contributed by atoms with E-state index in [9.17, 15) is 4.79 Å². The molecular formula is C12H12N4O. The lowest BCUT2D eigenvalue weighted by atomic mass is 10.1. The zero-order chi connectivity index (χ0) is 11.7. The minimum Gasteiger partial charge on any atom is -0.384 e.